The fourth-order valence-corrected chi connectivity index (χ4v) is 3.67. The van der Waals surface area contributed by atoms with Crippen LogP contribution in [0.1, 0.15) is 33.0 Å². The number of pyridine rings is 1. The number of carbonyl (C=O) groups excluding carboxylic acids is 2. The number of nitrogens with zero attached hydrogens (tertiary/aromatic N) is 2. The zero-order valence-corrected chi connectivity index (χ0v) is 14.8. The van der Waals surface area contributed by atoms with E-state index in [2.05, 4.69) is 10.3 Å². The first-order valence-corrected chi connectivity index (χ1v) is 9.01. The van der Waals surface area contributed by atoms with Crippen molar-refractivity contribution in [3.05, 3.63) is 52.0 Å². The molecule has 0 unspecified atom stereocenters. The number of nitrogens with one attached hydrogen (secondary N) is 1. The van der Waals surface area contributed by atoms with Gasteiger partial charge in [0.2, 0.25) is 0 Å². The summed E-state index contributed by atoms with van der Waals surface area (Å²) < 4.78 is 15.0. The van der Waals surface area contributed by atoms with Crippen LogP contribution < -0.4 is 5.32 Å². The minimum absolute atomic E-state index is 0.0191. The number of halogens is 1. The van der Waals surface area contributed by atoms with Gasteiger partial charge in [-0.15, -0.1) is 11.3 Å². The molecule has 2 amide bonds. The molecule has 0 atom stereocenters. The summed E-state index contributed by atoms with van der Waals surface area (Å²) in [6.45, 7) is 2.70. The number of aromatic nitrogens is 1. The highest BCUT2D eigenvalue weighted by molar-refractivity contribution is 7.13. The highest BCUT2D eigenvalue weighted by Crippen LogP contribution is 2.28. The normalized spacial score (nSPS) is 16.5. The highest BCUT2D eigenvalue weighted by atomic mass is 32.1. The molecule has 2 aromatic rings. The Morgan fingerprint density at radius 2 is 1.92 bits per heavy atom. The second-order valence-electron chi connectivity index (χ2n) is 6.21. The third kappa shape index (κ3) is 4.04. The van der Waals surface area contributed by atoms with Crippen LogP contribution in [0.2, 0.25) is 0 Å². The predicted molar refractivity (Wildman–Crippen MR) is 94.1 cm³/mol. The number of thiophene rings is 1. The molecule has 1 aliphatic rings. The first-order chi connectivity index (χ1) is 12.0. The lowest BCUT2D eigenvalue weighted by Gasteiger charge is -2.35. The van der Waals surface area contributed by atoms with E-state index in [9.17, 15) is 14.0 Å². The van der Waals surface area contributed by atoms with E-state index in [0.717, 1.165) is 10.4 Å². The smallest absolute Gasteiger partial charge is 0.263 e. The first kappa shape index (κ1) is 17.5. The SMILES string of the molecule is Cc1ccc(C(=O)N2CCC(F)(C(=O)NCc3ccncc3)CC2)s1. The second-order valence-corrected chi connectivity index (χ2v) is 7.49. The molecule has 0 bridgehead atoms. The third-order valence-electron chi connectivity index (χ3n) is 4.40. The molecule has 0 aromatic carbocycles. The van der Waals surface area contributed by atoms with Gasteiger partial charge in [-0.1, -0.05) is 0 Å². The maximum atomic E-state index is 15.0. The van der Waals surface area contributed by atoms with Crippen molar-refractivity contribution >= 4 is 23.2 Å². The van der Waals surface area contributed by atoms with E-state index >= 15 is 0 Å². The summed E-state index contributed by atoms with van der Waals surface area (Å²) in [6, 6.07) is 7.24. The minimum atomic E-state index is -1.92. The number of carbonyl (C=O) groups is 2. The summed E-state index contributed by atoms with van der Waals surface area (Å²) in [5, 5.41) is 2.65. The molecule has 132 valence electrons. The van der Waals surface area contributed by atoms with E-state index in [1.165, 1.54) is 11.3 Å². The zero-order chi connectivity index (χ0) is 17.9. The van der Waals surface area contributed by atoms with Crippen LogP contribution in [-0.2, 0) is 11.3 Å². The van der Waals surface area contributed by atoms with E-state index in [1.807, 2.05) is 13.0 Å². The first-order valence-electron chi connectivity index (χ1n) is 8.20. The number of likely N-dealkylation sites (tertiary alicyclic amines) is 1. The van der Waals surface area contributed by atoms with Gasteiger partial charge in [0.1, 0.15) is 0 Å². The molecular weight excluding hydrogens is 341 g/mol. The molecule has 1 fully saturated rings. The van der Waals surface area contributed by atoms with Crippen LogP contribution in [0.15, 0.2) is 36.7 Å². The van der Waals surface area contributed by atoms with Crippen molar-refractivity contribution in [2.45, 2.75) is 32.0 Å². The Hall–Kier alpha value is -2.28. The Bertz CT molecular complexity index is 755. The molecule has 1 aliphatic heterocycles. The van der Waals surface area contributed by atoms with Crippen molar-refractivity contribution in [1.29, 1.82) is 0 Å². The van der Waals surface area contributed by atoms with Gasteiger partial charge >= 0.3 is 0 Å². The monoisotopic (exact) mass is 361 g/mol. The van der Waals surface area contributed by atoms with Crippen molar-refractivity contribution in [2.75, 3.05) is 13.1 Å². The van der Waals surface area contributed by atoms with Gasteiger partial charge in [-0.25, -0.2) is 4.39 Å². The number of amides is 2. The summed E-state index contributed by atoms with van der Waals surface area (Å²) in [6.07, 6.45) is 3.29. The molecule has 25 heavy (non-hydrogen) atoms. The largest absolute Gasteiger partial charge is 0.349 e. The molecule has 5 nitrogen and oxygen atoms in total. The zero-order valence-electron chi connectivity index (χ0n) is 14.0. The molecule has 0 radical (unpaired) electrons. The van der Waals surface area contributed by atoms with Crippen molar-refractivity contribution in [3.8, 4) is 0 Å². The van der Waals surface area contributed by atoms with Crippen LogP contribution in [0.5, 0.6) is 0 Å². The van der Waals surface area contributed by atoms with Gasteiger partial charge in [0.25, 0.3) is 11.8 Å². The Morgan fingerprint density at radius 1 is 1.24 bits per heavy atom. The lowest BCUT2D eigenvalue weighted by molar-refractivity contribution is -0.135. The molecule has 0 saturated carbocycles. The number of hydrogen-bond acceptors (Lipinski definition) is 4. The van der Waals surface area contributed by atoms with Gasteiger partial charge in [0, 0.05) is 49.7 Å². The van der Waals surface area contributed by atoms with Crippen molar-refractivity contribution in [1.82, 2.24) is 15.2 Å². The minimum Gasteiger partial charge on any atom is -0.349 e. The number of hydrogen-bond donors (Lipinski definition) is 1. The van der Waals surface area contributed by atoms with E-state index < -0.39 is 11.6 Å². The number of aryl methyl sites for hydroxylation is 1. The lowest BCUT2D eigenvalue weighted by atomic mass is 9.92. The van der Waals surface area contributed by atoms with Crippen LogP contribution in [-0.4, -0.2) is 40.5 Å². The topological polar surface area (TPSA) is 62.3 Å². The fraction of sp³-hybridized carbons (Fsp3) is 0.389. The molecular formula is C18H20FN3O2S. The fourth-order valence-electron chi connectivity index (χ4n) is 2.84. The standard InChI is InChI=1S/C18H20FN3O2S/c1-13-2-3-15(25-13)16(23)22-10-6-18(19,7-11-22)17(24)21-12-14-4-8-20-9-5-14/h2-5,8-9H,6-7,10-12H2,1H3,(H,21,24). The summed E-state index contributed by atoms with van der Waals surface area (Å²) in [5.41, 5.74) is -1.05. The quantitative estimate of drug-likeness (QED) is 0.911. The second kappa shape index (κ2) is 7.31. The average molecular weight is 361 g/mol. The van der Waals surface area contributed by atoms with E-state index in [1.54, 1.807) is 35.5 Å². The number of rotatable bonds is 4. The van der Waals surface area contributed by atoms with Crippen LogP contribution in [0.25, 0.3) is 0 Å². The molecule has 1 N–H and O–H groups in total. The van der Waals surface area contributed by atoms with Crippen molar-refractivity contribution in [3.63, 3.8) is 0 Å². The van der Waals surface area contributed by atoms with Crippen molar-refractivity contribution in [2.24, 2.45) is 0 Å². The Kier molecular flexibility index (Phi) is 5.13. The molecule has 7 heteroatoms. The van der Waals surface area contributed by atoms with E-state index in [0.29, 0.717) is 4.88 Å². The average Bonchev–Trinajstić information content (AvgIpc) is 3.07. The van der Waals surface area contributed by atoms with E-state index in [4.69, 9.17) is 0 Å². The third-order valence-corrected chi connectivity index (χ3v) is 5.39. The molecule has 3 rings (SSSR count). The van der Waals surface area contributed by atoms with Gasteiger partial charge in [0.15, 0.2) is 5.67 Å². The Balaban J connectivity index is 1.54. The van der Waals surface area contributed by atoms with Gasteiger partial charge in [0.05, 0.1) is 4.88 Å². The Labute approximate surface area is 149 Å². The maximum Gasteiger partial charge on any atom is 0.263 e. The predicted octanol–water partition coefficient (Wildman–Crippen LogP) is 2.71. The highest BCUT2D eigenvalue weighted by Gasteiger charge is 2.42. The molecule has 2 aromatic heterocycles. The van der Waals surface area contributed by atoms with Gasteiger partial charge in [-0.05, 0) is 36.8 Å². The summed E-state index contributed by atoms with van der Waals surface area (Å²) in [4.78, 5) is 31.9. The maximum absolute atomic E-state index is 15.0. The van der Waals surface area contributed by atoms with Crippen LogP contribution in [0.3, 0.4) is 0 Å². The molecule has 0 aliphatic carbocycles. The molecule has 3 heterocycles. The van der Waals surface area contributed by atoms with Crippen molar-refractivity contribution < 1.29 is 14.0 Å². The van der Waals surface area contributed by atoms with Crippen LogP contribution in [0, 0.1) is 6.92 Å². The van der Waals surface area contributed by atoms with E-state index in [-0.39, 0.29) is 38.4 Å². The van der Waals surface area contributed by atoms with Gasteiger partial charge in [-0.2, -0.15) is 0 Å². The van der Waals surface area contributed by atoms with Crippen LogP contribution in [0.4, 0.5) is 4.39 Å². The number of alkyl halides is 1. The number of piperidine rings is 1. The van der Waals surface area contributed by atoms with Crippen LogP contribution >= 0.6 is 11.3 Å². The summed E-state index contributed by atoms with van der Waals surface area (Å²) in [5.74, 6) is -0.694. The van der Waals surface area contributed by atoms with Gasteiger partial charge < -0.3 is 10.2 Å². The van der Waals surface area contributed by atoms with Gasteiger partial charge in [-0.3, -0.25) is 14.6 Å². The Morgan fingerprint density at radius 3 is 2.52 bits per heavy atom. The molecule has 0 spiro atoms. The summed E-state index contributed by atoms with van der Waals surface area (Å²) >= 11 is 1.43. The molecule has 1 saturated heterocycles. The lowest BCUT2D eigenvalue weighted by Crippen LogP contribution is -2.52. The summed E-state index contributed by atoms with van der Waals surface area (Å²) in [7, 11) is 0.